The quantitative estimate of drug-likeness (QED) is 0.862. The highest BCUT2D eigenvalue weighted by atomic mass is 35.5. The number of benzene rings is 1. The van der Waals surface area contributed by atoms with E-state index in [2.05, 4.69) is 15.9 Å². The molecule has 0 bridgehead atoms. The molecule has 2 heterocycles. The molecule has 0 unspecified atom stereocenters. The second kappa shape index (κ2) is 6.44. The second-order valence-corrected chi connectivity index (χ2v) is 5.63. The Labute approximate surface area is 124 Å². The third-order valence-electron chi connectivity index (χ3n) is 3.78. The van der Waals surface area contributed by atoms with Crippen LogP contribution >= 0.6 is 11.6 Å². The first-order valence-electron chi connectivity index (χ1n) is 7.02. The molecule has 1 aromatic carbocycles. The van der Waals surface area contributed by atoms with Gasteiger partial charge in [-0.1, -0.05) is 29.8 Å². The summed E-state index contributed by atoms with van der Waals surface area (Å²) in [7, 11) is 0. The molecule has 20 heavy (non-hydrogen) atoms. The molecule has 0 atom stereocenters. The Morgan fingerprint density at radius 2 is 1.60 bits per heavy atom. The van der Waals surface area contributed by atoms with Crippen LogP contribution in [0.1, 0.15) is 11.3 Å². The highest BCUT2D eigenvalue weighted by Gasteiger charge is 2.18. The normalized spacial score (nSPS) is 17.4. The minimum atomic E-state index is 0.866. The Morgan fingerprint density at radius 1 is 0.900 bits per heavy atom. The molecule has 1 aromatic heterocycles. The predicted octanol–water partition coefficient (Wildman–Crippen LogP) is 3.25. The van der Waals surface area contributed by atoms with Crippen molar-refractivity contribution in [1.82, 2.24) is 9.80 Å². The van der Waals surface area contributed by atoms with Crippen LogP contribution in [0.4, 0.5) is 0 Å². The van der Waals surface area contributed by atoms with Crippen LogP contribution in [0.3, 0.4) is 0 Å². The van der Waals surface area contributed by atoms with Crippen LogP contribution in [0.15, 0.2) is 47.1 Å². The van der Waals surface area contributed by atoms with Crippen molar-refractivity contribution in [2.75, 3.05) is 26.2 Å². The fourth-order valence-electron chi connectivity index (χ4n) is 2.60. The molecule has 0 amide bonds. The van der Waals surface area contributed by atoms with Gasteiger partial charge in [0.1, 0.15) is 5.76 Å². The first-order chi connectivity index (χ1) is 9.81. The van der Waals surface area contributed by atoms with Gasteiger partial charge in [-0.15, -0.1) is 0 Å². The molecule has 0 radical (unpaired) electrons. The molecule has 106 valence electrons. The van der Waals surface area contributed by atoms with E-state index in [1.165, 1.54) is 5.56 Å². The number of hydrogen-bond donors (Lipinski definition) is 0. The predicted molar refractivity (Wildman–Crippen MR) is 80.7 cm³/mol. The highest BCUT2D eigenvalue weighted by molar-refractivity contribution is 6.31. The first kappa shape index (κ1) is 13.7. The fraction of sp³-hybridized carbons (Fsp3) is 0.375. The Kier molecular flexibility index (Phi) is 4.41. The molecule has 0 spiro atoms. The summed E-state index contributed by atoms with van der Waals surface area (Å²) in [5, 5.41) is 0.866. The topological polar surface area (TPSA) is 19.6 Å². The summed E-state index contributed by atoms with van der Waals surface area (Å²) in [6, 6.07) is 12.1. The van der Waals surface area contributed by atoms with Gasteiger partial charge in [0.05, 0.1) is 12.8 Å². The van der Waals surface area contributed by atoms with Crippen molar-refractivity contribution in [3.8, 4) is 0 Å². The van der Waals surface area contributed by atoms with Gasteiger partial charge < -0.3 is 4.42 Å². The van der Waals surface area contributed by atoms with Crippen LogP contribution in [-0.2, 0) is 13.1 Å². The van der Waals surface area contributed by atoms with Crippen LogP contribution < -0.4 is 0 Å². The van der Waals surface area contributed by atoms with E-state index in [0.717, 1.165) is 50.1 Å². The number of halogens is 1. The average molecular weight is 291 g/mol. The van der Waals surface area contributed by atoms with Crippen molar-refractivity contribution < 1.29 is 4.42 Å². The van der Waals surface area contributed by atoms with Gasteiger partial charge in [-0.05, 0) is 23.8 Å². The number of hydrogen-bond acceptors (Lipinski definition) is 3. The molecule has 2 aromatic rings. The monoisotopic (exact) mass is 290 g/mol. The molecule has 0 N–H and O–H groups in total. The van der Waals surface area contributed by atoms with Crippen molar-refractivity contribution in [3.05, 3.63) is 59.0 Å². The number of furan rings is 1. The Morgan fingerprint density at radius 3 is 2.25 bits per heavy atom. The van der Waals surface area contributed by atoms with E-state index in [-0.39, 0.29) is 0 Å². The van der Waals surface area contributed by atoms with Crippen LogP contribution in [0.25, 0.3) is 0 Å². The van der Waals surface area contributed by atoms with E-state index < -0.39 is 0 Å². The van der Waals surface area contributed by atoms with Crippen LogP contribution in [0.5, 0.6) is 0 Å². The standard InChI is InChI=1S/C16H19ClN2O/c17-16-6-2-1-4-14(16)12-18-7-9-19(10-8-18)13-15-5-3-11-20-15/h1-6,11H,7-10,12-13H2. The Bertz CT molecular complexity index is 533. The molecule has 1 aliphatic heterocycles. The van der Waals surface area contributed by atoms with Gasteiger partial charge in [-0.25, -0.2) is 0 Å². The molecule has 0 saturated carbocycles. The zero-order valence-corrected chi connectivity index (χ0v) is 12.2. The third kappa shape index (κ3) is 3.42. The summed E-state index contributed by atoms with van der Waals surface area (Å²) in [5.41, 5.74) is 1.22. The minimum Gasteiger partial charge on any atom is -0.468 e. The lowest BCUT2D eigenvalue weighted by atomic mass is 10.2. The second-order valence-electron chi connectivity index (χ2n) is 5.22. The lowest BCUT2D eigenvalue weighted by molar-refractivity contribution is 0.116. The average Bonchev–Trinajstić information content (AvgIpc) is 2.96. The maximum atomic E-state index is 6.22. The molecule has 1 fully saturated rings. The lowest BCUT2D eigenvalue weighted by Gasteiger charge is -2.34. The van der Waals surface area contributed by atoms with E-state index >= 15 is 0 Å². The zero-order valence-electron chi connectivity index (χ0n) is 11.5. The van der Waals surface area contributed by atoms with E-state index in [1.807, 2.05) is 30.3 Å². The smallest absolute Gasteiger partial charge is 0.117 e. The largest absolute Gasteiger partial charge is 0.468 e. The molecule has 1 aliphatic rings. The summed E-state index contributed by atoms with van der Waals surface area (Å²) in [5.74, 6) is 1.05. The Hall–Kier alpha value is -1.29. The third-order valence-corrected chi connectivity index (χ3v) is 4.14. The van der Waals surface area contributed by atoms with E-state index in [1.54, 1.807) is 6.26 Å². The summed E-state index contributed by atoms with van der Waals surface area (Å²) >= 11 is 6.22. The van der Waals surface area contributed by atoms with Gasteiger partial charge in [0.15, 0.2) is 0 Å². The molecule has 4 heteroatoms. The molecule has 1 saturated heterocycles. The Balaban J connectivity index is 1.50. The number of nitrogens with zero attached hydrogens (tertiary/aromatic N) is 2. The van der Waals surface area contributed by atoms with Gasteiger partial charge >= 0.3 is 0 Å². The fourth-order valence-corrected chi connectivity index (χ4v) is 2.79. The van der Waals surface area contributed by atoms with Gasteiger partial charge in [0.25, 0.3) is 0 Å². The molecular weight excluding hydrogens is 272 g/mol. The molecule has 3 rings (SSSR count). The van der Waals surface area contributed by atoms with Crippen LogP contribution in [0, 0.1) is 0 Å². The van der Waals surface area contributed by atoms with Gasteiger partial charge in [0.2, 0.25) is 0 Å². The maximum absolute atomic E-state index is 6.22. The first-order valence-corrected chi connectivity index (χ1v) is 7.39. The van der Waals surface area contributed by atoms with Crippen molar-refractivity contribution in [2.45, 2.75) is 13.1 Å². The van der Waals surface area contributed by atoms with Crippen molar-refractivity contribution in [3.63, 3.8) is 0 Å². The highest BCUT2D eigenvalue weighted by Crippen LogP contribution is 2.18. The van der Waals surface area contributed by atoms with Gasteiger partial charge in [-0.3, -0.25) is 9.80 Å². The van der Waals surface area contributed by atoms with E-state index in [0.29, 0.717) is 0 Å². The lowest BCUT2D eigenvalue weighted by Crippen LogP contribution is -2.45. The van der Waals surface area contributed by atoms with Crippen LogP contribution in [-0.4, -0.2) is 36.0 Å². The van der Waals surface area contributed by atoms with Crippen molar-refractivity contribution in [1.29, 1.82) is 0 Å². The molecular formula is C16H19ClN2O. The maximum Gasteiger partial charge on any atom is 0.117 e. The van der Waals surface area contributed by atoms with Crippen molar-refractivity contribution >= 4 is 11.6 Å². The van der Waals surface area contributed by atoms with Crippen LogP contribution in [0.2, 0.25) is 5.02 Å². The summed E-state index contributed by atoms with van der Waals surface area (Å²) in [6.45, 7) is 6.15. The summed E-state index contributed by atoms with van der Waals surface area (Å²) < 4.78 is 5.40. The SMILES string of the molecule is Clc1ccccc1CN1CCN(Cc2ccco2)CC1. The summed E-state index contributed by atoms with van der Waals surface area (Å²) in [4.78, 5) is 4.89. The van der Waals surface area contributed by atoms with E-state index in [4.69, 9.17) is 16.0 Å². The molecule has 0 aliphatic carbocycles. The van der Waals surface area contributed by atoms with Gasteiger partial charge in [-0.2, -0.15) is 0 Å². The van der Waals surface area contributed by atoms with Gasteiger partial charge in [0, 0.05) is 37.7 Å². The number of rotatable bonds is 4. The number of piperazine rings is 1. The van der Waals surface area contributed by atoms with Crippen molar-refractivity contribution in [2.24, 2.45) is 0 Å². The molecule has 3 nitrogen and oxygen atoms in total. The minimum absolute atomic E-state index is 0.866. The summed E-state index contributed by atoms with van der Waals surface area (Å²) in [6.07, 6.45) is 1.74. The van der Waals surface area contributed by atoms with E-state index in [9.17, 15) is 0 Å². The zero-order chi connectivity index (χ0) is 13.8.